The number of aliphatic hydroxyl groups is 1. The van der Waals surface area contributed by atoms with Crippen LogP contribution in [0.2, 0.25) is 0 Å². The molecule has 0 saturated heterocycles. The fourth-order valence-electron chi connectivity index (χ4n) is 1.68. The molecule has 0 saturated carbocycles. The van der Waals surface area contributed by atoms with Gasteiger partial charge in [-0.05, 0) is 45.8 Å². The van der Waals surface area contributed by atoms with Gasteiger partial charge in [-0.2, -0.15) is 0 Å². The van der Waals surface area contributed by atoms with Crippen molar-refractivity contribution in [1.82, 2.24) is 4.98 Å². The van der Waals surface area contributed by atoms with Crippen LogP contribution >= 0.6 is 15.9 Å². The van der Waals surface area contributed by atoms with Gasteiger partial charge in [0.15, 0.2) is 5.82 Å². The number of nitrogens with one attached hydrogen (secondary N) is 1. The number of methoxy groups -OCH3 is 1. The Morgan fingerprint density at radius 1 is 1.38 bits per heavy atom. The van der Waals surface area contributed by atoms with Crippen LogP contribution in [-0.4, -0.2) is 25.6 Å². The van der Waals surface area contributed by atoms with Crippen molar-refractivity contribution in [2.24, 2.45) is 0 Å². The number of pyridine rings is 1. The number of ether oxygens (including phenoxy) is 1. The quantitative estimate of drug-likeness (QED) is 0.839. The van der Waals surface area contributed by atoms with E-state index in [2.05, 4.69) is 25.6 Å². The Morgan fingerprint density at radius 2 is 2.14 bits per heavy atom. The molecule has 2 N–H and O–H groups in total. The molecule has 2 aromatic rings. The first kappa shape index (κ1) is 15.7. The summed E-state index contributed by atoms with van der Waals surface area (Å²) in [6.45, 7) is -0.199. The van der Waals surface area contributed by atoms with Crippen molar-refractivity contribution < 1.29 is 18.3 Å². The van der Waals surface area contributed by atoms with Gasteiger partial charge in [-0.3, -0.25) is 4.72 Å². The first-order valence-electron chi connectivity index (χ1n) is 5.89. The van der Waals surface area contributed by atoms with E-state index < -0.39 is 10.0 Å². The largest absolute Gasteiger partial charge is 0.495 e. The Bertz CT molecular complexity index is 750. The Morgan fingerprint density at radius 3 is 2.76 bits per heavy atom. The zero-order chi connectivity index (χ0) is 15.5. The molecule has 1 aromatic carbocycles. The van der Waals surface area contributed by atoms with Crippen molar-refractivity contribution in [3.8, 4) is 5.75 Å². The molecule has 0 unspecified atom stereocenters. The zero-order valence-corrected chi connectivity index (χ0v) is 13.5. The summed E-state index contributed by atoms with van der Waals surface area (Å²) in [7, 11) is -2.49. The molecule has 0 radical (unpaired) electrons. The molecule has 0 aliphatic heterocycles. The van der Waals surface area contributed by atoms with Gasteiger partial charge in [0.05, 0.1) is 18.2 Å². The van der Waals surface area contributed by atoms with Gasteiger partial charge in [0.1, 0.15) is 10.6 Å². The van der Waals surface area contributed by atoms with E-state index in [9.17, 15) is 8.42 Å². The number of sulfonamides is 1. The third-order valence-corrected chi connectivity index (χ3v) is 4.71. The minimum Gasteiger partial charge on any atom is -0.495 e. The van der Waals surface area contributed by atoms with Crippen LogP contribution in [0.1, 0.15) is 5.56 Å². The van der Waals surface area contributed by atoms with E-state index in [-0.39, 0.29) is 23.1 Å². The molecule has 1 heterocycles. The molecule has 21 heavy (non-hydrogen) atoms. The molecule has 0 aliphatic rings. The third-order valence-electron chi connectivity index (χ3n) is 2.69. The highest BCUT2D eigenvalue weighted by molar-refractivity contribution is 9.10. The summed E-state index contributed by atoms with van der Waals surface area (Å²) in [5.74, 6) is 0.340. The Hall–Kier alpha value is -1.64. The molecule has 6 nitrogen and oxygen atoms in total. The SMILES string of the molecule is COc1cc(CO)ccc1S(=O)(=O)Nc1ncccc1Br. The number of nitrogens with zero attached hydrogens (tertiary/aromatic N) is 1. The first-order chi connectivity index (χ1) is 9.97. The lowest BCUT2D eigenvalue weighted by Gasteiger charge is -2.12. The topological polar surface area (TPSA) is 88.5 Å². The zero-order valence-electron chi connectivity index (χ0n) is 11.1. The predicted octanol–water partition coefficient (Wildman–Crippen LogP) is 2.15. The smallest absolute Gasteiger partial charge is 0.266 e. The maximum absolute atomic E-state index is 12.4. The van der Waals surface area contributed by atoms with E-state index in [0.717, 1.165) is 0 Å². The van der Waals surface area contributed by atoms with Crippen molar-refractivity contribution in [1.29, 1.82) is 0 Å². The number of benzene rings is 1. The lowest BCUT2D eigenvalue weighted by atomic mass is 10.2. The van der Waals surface area contributed by atoms with Gasteiger partial charge in [-0.25, -0.2) is 13.4 Å². The minimum absolute atomic E-state index is 0.0280. The molecule has 0 bridgehead atoms. The second-order valence-corrected chi connectivity index (χ2v) is 6.59. The van der Waals surface area contributed by atoms with Crippen LogP contribution in [0.15, 0.2) is 45.9 Å². The molecule has 8 heteroatoms. The molecule has 0 aliphatic carbocycles. The van der Waals surface area contributed by atoms with Gasteiger partial charge in [0.25, 0.3) is 10.0 Å². The Kier molecular flexibility index (Phi) is 4.81. The fourth-order valence-corrected chi connectivity index (χ4v) is 3.34. The van der Waals surface area contributed by atoms with E-state index in [4.69, 9.17) is 9.84 Å². The molecule has 1 aromatic heterocycles. The maximum atomic E-state index is 12.4. The molecule has 0 atom stereocenters. The molecule has 0 amide bonds. The minimum atomic E-state index is -3.85. The summed E-state index contributed by atoms with van der Waals surface area (Å²) in [6.07, 6.45) is 1.48. The van der Waals surface area contributed by atoms with E-state index in [1.165, 1.54) is 31.5 Å². The number of aromatic nitrogens is 1. The highest BCUT2D eigenvalue weighted by atomic mass is 79.9. The lowest BCUT2D eigenvalue weighted by Crippen LogP contribution is -2.15. The van der Waals surface area contributed by atoms with Gasteiger partial charge in [-0.1, -0.05) is 6.07 Å². The average Bonchev–Trinajstić information content (AvgIpc) is 2.48. The summed E-state index contributed by atoms with van der Waals surface area (Å²) >= 11 is 3.23. The first-order valence-corrected chi connectivity index (χ1v) is 8.16. The van der Waals surface area contributed by atoms with E-state index >= 15 is 0 Å². The van der Waals surface area contributed by atoms with Crippen molar-refractivity contribution in [2.75, 3.05) is 11.8 Å². The maximum Gasteiger partial charge on any atom is 0.266 e. The van der Waals surface area contributed by atoms with Crippen LogP contribution in [-0.2, 0) is 16.6 Å². The number of hydrogen-bond acceptors (Lipinski definition) is 5. The molecule has 0 fully saturated rings. The van der Waals surface area contributed by atoms with Crippen molar-refractivity contribution in [2.45, 2.75) is 11.5 Å². The molecular weight excluding hydrogens is 360 g/mol. The highest BCUT2D eigenvalue weighted by Crippen LogP contribution is 2.28. The van der Waals surface area contributed by atoms with Crippen LogP contribution in [0, 0.1) is 0 Å². The Balaban J connectivity index is 2.42. The van der Waals surface area contributed by atoms with Crippen molar-refractivity contribution in [3.63, 3.8) is 0 Å². The number of rotatable bonds is 5. The third kappa shape index (κ3) is 3.52. The lowest BCUT2D eigenvalue weighted by molar-refractivity contribution is 0.280. The van der Waals surface area contributed by atoms with Gasteiger partial charge in [-0.15, -0.1) is 0 Å². The van der Waals surface area contributed by atoms with Crippen molar-refractivity contribution >= 4 is 31.8 Å². The molecule has 2 rings (SSSR count). The van der Waals surface area contributed by atoms with Crippen LogP contribution in [0.5, 0.6) is 5.75 Å². The summed E-state index contributed by atoms with van der Waals surface area (Å²) in [6, 6.07) is 7.73. The van der Waals surface area contributed by atoms with Crippen LogP contribution in [0.3, 0.4) is 0 Å². The highest BCUT2D eigenvalue weighted by Gasteiger charge is 2.21. The monoisotopic (exact) mass is 372 g/mol. The van der Waals surface area contributed by atoms with Crippen molar-refractivity contribution in [3.05, 3.63) is 46.6 Å². The van der Waals surface area contributed by atoms with Crippen LogP contribution < -0.4 is 9.46 Å². The molecule has 0 spiro atoms. The van der Waals surface area contributed by atoms with Gasteiger partial charge in [0.2, 0.25) is 0 Å². The molecular formula is C13H13BrN2O4S. The normalized spacial score (nSPS) is 11.2. The van der Waals surface area contributed by atoms with E-state index in [0.29, 0.717) is 10.0 Å². The number of halogens is 1. The standard InChI is InChI=1S/C13H13BrN2O4S/c1-20-11-7-9(8-17)4-5-12(11)21(18,19)16-13-10(14)3-2-6-15-13/h2-7,17H,8H2,1H3,(H,15,16). The van der Waals surface area contributed by atoms with Gasteiger partial charge >= 0.3 is 0 Å². The van der Waals surface area contributed by atoms with E-state index in [1.807, 2.05) is 0 Å². The second-order valence-electron chi connectivity index (χ2n) is 4.08. The summed E-state index contributed by atoms with van der Waals surface area (Å²) in [5, 5.41) is 9.09. The summed E-state index contributed by atoms with van der Waals surface area (Å²) in [4.78, 5) is 3.93. The molecule has 112 valence electrons. The Labute approximate surface area is 131 Å². The fraction of sp³-hybridized carbons (Fsp3) is 0.154. The second kappa shape index (κ2) is 6.42. The van der Waals surface area contributed by atoms with E-state index in [1.54, 1.807) is 12.1 Å². The summed E-state index contributed by atoms with van der Waals surface area (Å²) in [5.41, 5.74) is 0.560. The number of anilines is 1. The van der Waals surface area contributed by atoms with Gasteiger partial charge in [0, 0.05) is 6.20 Å². The van der Waals surface area contributed by atoms with Crippen LogP contribution in [0.4, 0.5) is 5.82 Å². The number of aliphatic hydroxyl groups excluding tert-OH is 1. The predicted molar refractivity (Wildman–Crippen MR) is 81.7 cm³/mol. The summed E-state index contributed by atoms with van der Waals surface area (Å²) < 4.78 is 32.8. The number of hydrogen-bond donors (Lipinski definition) is 2. The van der Waals surface area contributed by atoms with Gasteiger partial charge < -0.3 is 9.84 Å². The average molecular weight is 373 g/mol. The van der Waals surface area contributed by atoms with Crippen LogP contribution in [0.25, 0.3) is 0 Å².